The second-order valence-electron chi connectivity index (χ2n) is 4.52. The standard InChI is InChI=1S/C17H13BrINO3/c18-13-5-3-4-12(10-13)8-9-17(22)23-11-16(21)20-15-7-2-1-6-14(15)19/h1-10H,11H2,(H,20,21)/b9-8+. The molecule has 0 atom stereocenters. The molecule has 2 rings (SSSR count). The summed E-state index contributed by atoms with van der Waals surface area (Å²) in [5.41, 5.74) is 1.55. The highest BCUT2D eigenvalue weighted by molar-refractivity contribution is 14.1. The van der Waals surface area contributed by atoms with Crippen LogP contribution in [0.1, 0.15) is 5.56 Å². The van der Waals surface area contributed by atoms with E-state index in [2.05, 4.69) is 43.8 Å². The van der Waals surface area contributed by atoms with Crippen molar-refractivity contribution < 1.29 is 14.3 Å². The molecular weight excluding hydrogens is 473 g/mol. The van der Waals surface area contributed by atoms with Crippen molar-refractivity contribution in [2.75, 3.05) is 11.9 Å². The number of amides is 1. The lowest BCUT2D eigenvalue weighted by molar-refractivity contribution is -0.142. The normalized spacial score (nSPS) is 10.5. The minimum Gasteiger partial charge on any atom is -0.452 e. The molecule has 1 amide bonds. The van der Waals surface area contributed by atoms with E-state index in [0.29, 0.717) is 5.69 Å². The van der Waals surface area contributed by atoms with Crippen molar-refractivity contribution in [1.82, 2.24) is 0 Å². The molecule has 6 heteroatoms. The highest BCUT2D eigenvalue weighted by Crippen LogP contribution is 2.16. The summed E-state index contributed by atoms with van der Waals surface area (Å²) in [6, 6.07) is 14.9. The molecule has 23 heavy (non-hydrogen) atoms. The van der Waals surface area contributed by atoms with Gasteiger partial charge in [-0.25, -0.2) is 4.79 Å². The zero-order valence-electron chi connectivity index (χ0n) is 12.0. The summed E-state index contributed by atoms with van der Waals surface area (Å²) < 4.78 is 6.75. The van der Waals surface area contributed by atoms with Crippen molar-refractivity contribution in [2.45, 2.75) is 0 Å². The topological polar surface area (TPSA) is 55.4 Å². The van der Waals surface area contributed by atoms with E-state index in [9.17, 15) is 9.59 Å². The Kier molecular flexibility index (Phi) is 6.79. The van der Waals surface area contributed by atoms with Crippen LogP contribution in [0.15, 0.2) is 59.1 Å². The second kappa shape index (κ2) is 8.83. The minimum absolute atomic E-state index is 0.327. The van der Waals surface area contributed by atoms with Crippen molar-refractivity contribution in [3.63, 3.8) is 0 Å². The van der Waals surface area contributed by atoms with Crippen LogP contribution in [0, 0.1) is 3.57 Å². The largest absolute Gasteiger partial charge is 0.452 e. The van der Waals surface area contributed by atoms with Crippen LogP contribution in [0.4, 0.5) is 5.69 Å². The third-order valence-corrected chi connectivity index (χ3v) is 4.19. The molecule has 1 N–H and O–H groups in total. The fourth-order valence-corrected chi connectivity index (χ4v) is 2.65. The first kappa shape index (κ1) is 17.7. The van der Waals surface area contributed by atoms with E-state index < -0.39 is 5.97 Å². The molecule has 2 aromatic rings. The molecule has 4 nitrogen and oxygen atoms in total. The molecule has 0 saturated heterocycles. The molecular formula is C17H13BrINO3. The van der Waals surface area contributed by atoms with Crippen LogP contribution in [-0.2, 0) is 14.3 Å². The average Bonchev–Trinajstić information content (AvgIpc) is 2.53. The summed E-state index contributed by atoms with van der Waals surface area (Å²) in [4.78, 5) is 23.4. The lowest BCUT2D eigenvalue weighted by atomic mass is 10.2. The van der Waals surface area contributed by atoms with E-state index in [1.165, 1.54) is 6.08 Å². The molecule has 0 fully saturated rings. The van der Waals surface area contributed by atoms with E-state index >= 15 is 0 Å². The van der Waals surface area contributed by atoms with Crippen LogP contribution in [0.2, 0.25) is 0 Å². The van der Waals surface area contributed by atoms with Crippen LogP contribution in [0.3, 0.4) is 0 Å². The Bertz CT molecular complexity index is 746. The van der Waals surface area contributed by atoms with Crippen LogP contribution in [0.25, 0.3) is 6.08 Å². The number of nitrogens with one attached hydrogen (secondary N) is 1. The number of hydrogen-bond donors (Lipinski definition) is 1. The van der Waals surface area contributed by atoms with Gasteiger partial charge in [0.1, 0.15) is 0 Å². The summed E-state index contributed by atoms with van der Waals surface area (Å²) in [7, 11) is 0. The van der Waals surface area contributed by atoms with Gasteiger partial charge in [0.15, 0.2) is 6.61 Å². The monoisotopic (exact) mass is 485 g/mol. The van der Waals surface area contributed by atoms with E-state index in [1.807, 2.05) is 42.5 Å². The Morgan fingerprint density at radius 1 is 1.17 bits per heavy atom. The third kappa shape index (κ3) is 6.15. The van der Waals surface area contributed by atoms with Crippen molar-refractivity contribution in [3.8, 4) is 0 Å². The lowest BCUT2D eigenvalue weighted by Gasteiger charge is -2.07. The van der Waals surface area contributed by atoms with Gasteiger partial charge in [-0.05, 0) is 58.5 Å². The van der Waals surface area contributed by atoms with Crippen molar-refractivity contribution in [3.05, 3.63) is 68.2 Å². The highest BCUT2D eigenvalue weighted by atomic mass is 127. The number of para-hydroxylation sites is 1. The SMILES string of the molecule is O=C(COC(=O)/C=C/c1cccc(Br)c1)Nc1ccccc1I. The van der Waals surface area contributed by atoms with Crippen molar-refractivity contribution in [1.29, 1.82) is 0 Å². The average molecular weight is 486 g/mol. The molecule has 0 aliphatic rings. The molecule has 0 aliphatic carbocycles. The quantitative estimate of drug-likeness (QED) is 0.391. The van der Waals surface area contributed by atoms with E-state index in [4.69, 9.17) is 4.74 Å². The highest BCUT2D eigenvalue weighted by Gasteiger charge is 2.07. The van der Waals surface area contributed by atoms with Crippen LogP contribution in [0.5, 0.6) is 0 Å². The summed E-state index contributed by atoms with van der Waals surface area (Å²) in [5.74, 6) is -0.943. The van der Waals surface area contributed by atoms with Crippen LogP contribution in [-0.4, -0.2) is 18.5 Å². The molecule has 0 heterocycles. The van der Waals surface area contributed by atoms with E-state index in [-0.39, 0.29) is 12.5 Å². The Morgan fingerprint density at radius 2 is 1.96 bits per heavy atom. The fraction of sp³-hybridized carbons (Fsp3) is 0.0588. The van der Waals surface area contributed by atoms with E-state index in [0.717, 1.165) is 13.6 Å². The molecule has 0 radical (unpaired) electrons. The predicted molar refractivity (Wildman–Crippen MR) is 102 cm³/mol. The first-order valence-electron chi connectivity index (χ1n) is 6.69. The number of rotatable bonds is 5. The summed E-state index contributed by atoms with van der Waals surface area (Å²) in [5, 5.41) is 2.69. The summed E-state index contributed by atoms with van der Waals surface area (Å²) >= 11 is 5.47. The van der Waals surface area contributed by atoms with Crippen molar-refractivity contribution >= 4 is 62.2 Å². The third-order valence-electron chi connectivity index (χ3n) is 2.75. The fourth-order valence-electron chi connectivity index (χ4n) is 1.71. The molecule has 0 aromatic heterocycles. The molecule has 0 spiro atoms. The smallest absolute Gasteiger partial charge is 0.331 e. The van der Waals surface area contributed by atoms with Gasteiger partial charge in [-0.2, -0.15) is 0 Å². The number of carbonyl (C=O) groups is 2. The predicted octanol–water partition coefficient (Wildman–Crippen LogP) is 4.25. The zero-order chi connectivity index (χ0) is 16.7. The molecule has 0 aliphatic heterocycles. The molecule has 0 unspecified atom stereocenters. The Labute approximate surface area is 156 Å². The van der Waals surface area contributed by atoms with Gasteiger partial charge in [-0.15, -0.1) is 0 Å². The van der Waals surface area contributed by atoms with Gasteiger partial charge in [0, 0.05) is 14.1 Å². The number of halogens is 2. The van der Waals surface area contributed by atoms with Gasteiger partial charge < -0.3 is 10.1 Å². The first-order chi connectivity index (χ1) is 11.0. The van der Waals surface area contributed by atoms with Crippen LogP contribution < -0.4 is 5.32 Å². The molecule has 118 valence electrons. The summed E-state index contributed by atoms with van der Waals surface area (Å²) in [6.07, 6.45) is 2.92. The van der Waals surface area contributed by atoms with Gasteiger partial charge in [0.05, 0.1) is 5.69 Å². The van der Waals surface area contributed by atoms with Gasteiger partial charge in [0.2, 0.25) is 0 Å². The maximum absolute atomic E-state index is 11.8. The van der Waals surface area contributed by atoms with Crippen molar-refractivity contribution in [2.24, 2.45) is 0 Å². The number of esters is 1. The maximum Gasteiger partial charge on any atom is 0.331 e. The van der Waals surface area contributed by atoms with Gasteiger partial charge >= 0.3 is 5.97 Å². The molecule has 2 aromatic carbocycles. The van der Waals surface area contributed by atoms with Gasteiger partial charge in [-0.3, -0.25) is 4.79 Å². The van der Waals surface area contributed by atoms with E-state index in [1.54, 1.807) is 12.1 Å². The first-order valence-corrected chi connectivity index (χ1v) is 8.56. The minimum atomic E-state index is -0.567. The Balaban J connectivity index is 1.82. The number of carbonyl (C=O) groups excluding carboxylic acids is 2. The molecule has 0 saturated carbocycles. The van der Waals surface area contributed by atoms with Gasteiger partial charge in [0.25, 0.3) is 5.91 Å². The zero-order valence-corrected chi connectivity index (χ0v) is 15.7. The Hall–Kier alpha value is -1.67. The number of hydrogen-bond acceptors (Lipinski definition) is 3. The summed E-state index contributed by atoms with van der Waals surface area (Å²) in [6.45, 7) is -0.327. The Morgan fingerprint density at radius 3 is 2.70 bits per heavy atom. The van der Waals surface area contributed by atoms with Crippen LogP contribution >= 0.6 is 38.5 Å². The lowest BCUT2D eigenvalue weighted by Crippen LogP contribution is -2.20. The van der Waals surface area contributed by atoms with Gasteiger partial charge in [-0.1, -0.05) is 40.2 Å². The number of ether oxygens (including phenoxy) is 1. The second-order valence-corrected chi connectivity index (χ2v) is 6.60. The number of anilines is 1. The molecule has 0 bridgehead atoms. The number of benzene rings is 2. The maximum atomic E-state index is 11.8.